The molecule has 0 saturated carbocycles. The van der Waals surface area contributed by atoms with Crippen molar-refractivity contribution in [2.75, 3.05) is 12.3 Å². The average molecular weight is 281 g/mol. The molecule has 0 atom stereocenters. The lowest BCUT2D eigenvalue weighted by molar-refractivity contribution is 0.0945. The normalized spacial score (nSPS) is 10.6. The molecular formula is C12H13F2N5O. The Morgan fingerprint density at radius 2 is 2.20 bits per heavy atom. The summed E-state index contributed by atoms with van der Waals surface area (Å²) in [5, 5.41) is 9.93. The van der Waals surface area contributed by atoms with Crippen molar-refractivity contribution in [3.05, 3.63) is 41.5 Å². The van der Waals surface area contributed by atoms with Crippen molar-refractivity contribution in [1.82, 2.24) is 20.1 Å². The van der Waals surface area contributed by atoms with Crippen LogP contribution in [0.15, 0.2) is 18.5 Å². The average Bonchev–Trinajstić information content (AvgIpc) is 2.80. The SMILES string of the molecule is Cn1cnnc1CCNC(=O)c1c(F)ccc(N)c1F. The fraction of sp³-hybridized carbons (Fsp3) is 0.250. The third kappa shape index (κ3) is 2.73. The number of nitrogen functional groups attached to an aromatic ring is 1. The molecule has 0 radical (unpaired) electrons. The summed E-state index contributed by atoms with van der Waals surface area (Å²) in [6.45, 7) is 0.180. The number of hydrogen-bond acceptors (Lipinski definition) is 4. The zero-order valence-corrected chi connectivity index (χ0v) is 10.7. The number of hydrogen-bond donors (Lipinski definition) is 2. The van der Waals surface area contributed by atoms with E-state index >= 15 is 0 Å². The third-order valence-electron chi connectivity index (χ3n) is 2.79. The molecule has 6 nitrogen and oxygen atoms in total. The van der Waals surface area contributed by atoms with E-state index in [0.717, 1.165) is 12.1 Å². The number of carbonyl (C=O) groups excluding carboxylic acids is 1. The summed E-state index contributed by atoms with van der Waals surface area (Å²) < 4.78 is 28.8. The van der Waals surface area contributed by atoms with E-state index in [1.807, 2.05) is 0 Å². The molecule has 0 aliphatic carbocycles. The van der Waals surface area contributed by atoms with Crippen LogP contribution in [0.3, 0.4) is 0 Å². The molecule has 106 valence electrons. The lowest BCUT2D eigenvalue weighted by atomic mass is 10.1. The van der Waals surface area contributed by atoms with Crippen molar-refractivity contribution < 1.29 is 13.6 Å². The predicted octanol–water partition coefficient (Wildman–Crippen LogP) is 0.648. The van der Waals surface area contributed by atoms with E-state index in [4.69, 9.17) is 5.73 Å². The molecule has 0 unspecified atom stereocenters. The Bertz CT molecular complexity index is 641. The first kappa shape index (κ1) is 13.9. The van der Waals surface area contributed by atoms with Crippen molar-refractivity contribution in [3.63, 3.8) is 0 Å². The molecule has 1 amide bonds. The number of benzene rings is 1. The summed E-state index contributed by atoms with van der Waals surface area (Å²) in [5.74, 6) is -2.21. The van der Waals surface area contributed by atoms with Crippen molar-refractivity contribution in [2.24, 2.45) is 7.05 Å². The van der Waals surface area contributed by atoms with Crippen LogP contribution in [0.5, 0.6) is 0 Å². The minimum absolute atomic E-state index is 0.180. The third-order valence-corrected chi connectivity index (χ3v) is 2.79. The van der Waals surface area contributed by atoms with E-state index in [9.17, 15) is 13.6 Å². The van der Waals surface area contributed by atoms with Gasteiger partial charge in [-0.2, -0.15) is 0 Å². The molecule has 1 aromatic carbocycles. The Hall–Kier alpha value is -2.51. The number of amides is 1. The van der Waals surface area contributed by atoms with Crippen LogP contribution in [-0.2, 0) is 13.5 Å². The molecule has 0 spiro atoms. The standard InChI is InChI=1S/C12H13F2N5O/c1-19-6-17-18-9(19)4-5-16-12(20)10-7(13)2-3-8(15)11(10)14/h2-3,6H,4-5,15H2,1H3,(H,16,20). The summed E-state index contributed by atoms with van der Waals surface area (Å²) in [5.41, 5.74) is 4.36. The maximum atomic E-state index is 13.6. The second-order valence-corrected chi connectivity index (χ2v) is 4.19. The molecular weight excluding hydrogens is 268 g/mol. The van der Waals surface area contributed by atoms with Crippen molar-refractivity contribution in [3.8, 4) is 0 Å². The molecule has 0 aliphatic heterocycles. The quantitative estimate of drug-likeness (QED) is 0.806. The van der Waals surface area contributed by atoms with Gasteiger partial charge in [0, 0.05) is 20.0 Å². The molecule has 20 heavy (non-hydrogen) atoms. The topological polar surface area (TPSA) is 85.8 Å². The van der Waals surface area contributed by atoms with Gasteiger partial charge in [0.2, 0.25) is 0 Å². The summed E-state index contributed by atoms with van der Waals surface area (Å²) in [6, 6.07) is 2.02. The molecule has 0 fully saturated rings. The Morgan fingerprint density at radius 3 is 2.85 bits per heavy atom. The van der Waals surface area contributed by atoms with E-state index in [-0.39, 0.29) is 12.2 Å². The highest BCUT2D eigenvalue weighted by molar-refractivity contribution is 5.95. The van der Waals surface area contributed by atoms with Gasteiger partial charge < -0.3 is 15.6 Å². The highest BCUT2D eigenvalue weighted by Gasteiger charge is 2.19. The number of aryl methyl sites for hydroxylation is 1. The number of anilines is 1. The molecule has 8 heteroatoms. The lowest BCUT2D eigenvalue weighted by Gasteiger charge is -2.08. The summed E-state index contributed by atoms with van der Waals surface area (Å²) >= 11 is 0. The highest BCUT2D eigenvalue weighted by atomic mass is 19.1. The summed E-state index contributed by atoms with van der Waals surface area (Å²) in [4.78, 5) is 11.8. The summed E-state index contributed by atoms with van der Waals surface area (Å²) in [7, 11) is 1.76. The monoisotopic (exact) mass is 281 g/mol. The Balaban J connectivity index is 2.03. The molecule has 1 aromatic heterocycles. The van der Waals surface area contributed by atoms with Crippen LogP contribution in [0.1, 0.15) is 16.2 Å². The van der Waals surface area contributed by atoms with Crippen molar-refractivity contribution in [1.29, 1.82) is 0 Å². The van der Waals surface area contributed by atoms with Crippen LogP contribution in [0, 0.1) is 11.6 Å². The second kappa shape index (κ2) is 5.64. The van der Waals surface area contributed by atoms with Gasteiger partial charge in [-0.1, -0.05) is 0 Å². The van der Waals surface area contributed by atoms with Crippen LogP contribution in [-0.4, -0.2) is 27.2 Å². The van der Waals surface area contributed by atoms with Gasteiger partial charge >= 0.3 is 0 Å². The van der Waals surface area contributed by atoms with Crippen molar-refractivity contribution in [2.45, 2.75) is 6.42 Å². The van der Waals surface area contributed by atoms with E-state index in [1.54, 1.807) is 11.6 Å². The van der Waals surface area contributed by atoms with Gasteiger partial charge in [-0.15, -0.1) is 10.2 Å². The van der Waals surface area contributed by atoms with Crippen LogP contribution < -0.4 is 11.1 Å². The van der Waals surface area contributed by atoms with Crippen molar-refractivity contribution >= 4 is 11.6 Å². The molecule has 2 rings (SSSR count). The number of halogens is 2. The van der Waals surface area contributed by atoms with Crippen LogP contribution in [0.4, 0.5) is 14.5 Å². The number of aromatic nitrogens is 3. The van der Waals surface area contributed by atoms with Gasteiger partial charge in [-0.05, 0) is 12.1 Å². The van der Waals surface area contributed by atoms with E-state index in [0.29, 0.717) is 12.2 Å². The van der Waals surface area contributed by atoms with Gasteiger partial charge in [0.15, 0.2) is 5.82 Å². The maximum absolute atomic E-state index is 13.6. The molecule has 2 aromatic rings. The summed E-state index contributed by atoms with van der Waals surface area (Å²) in [6.07, 6.45) is 1.92. The first-order valence-corrected chi connectivity index (χ1v) is 5.85. The first-order valence-electron chi connectivity index (χ1n) is 5.85. The minimum atomic E-state index is -1.05. The maximum Gasteiger partial charge on any atom is 0.257 e. The fourth-order valence-electron chi connectivity index (χ4n) is 1.69. The smallest absolute Gasteiger partial charge is 0.257 e. The van der Waals surface area contributed by atoms with Gasteiger partial charge in [0.05, 0.1) is 5.69 Å². The van der Waals surface area contributed by atoms with E-state index < -0.39 is 23.1 Å². The predicted molar refractivity (Wildman–Crippen MR) is 67.8 cm³/mol. The van der Waals surface area contributed by atoms with Gasteiger partial charge in [-0.3, -0.25) is 4.79 Å². The molecule has 0 aliphatic rings. The number of nitrogens with one attached hydrogen (secondary N) is 1. The minimum Gasteiger partial charge on any atom is -0.396 e. The Morgan fingerprint density at radius 1 is 1.45 bits per heavy atom. The number of nitrogens with two attached hydrogens (primary N) is 1. The van der Waals surface area contributed by atoms with E-state index in [1.165, 1.54) is 6.33 Å². The van der Waals surface area contributed by atoms with Crippen LogP contribution >= 0.6 is 0 Å². The highest BCUT2D eigenvalue weighted by Crippen LogP contribution is 2.18. The largest absolute Gasteiger partial charge is 0.396 e. The van der Waals surface area contributed by atoms with Crippen LogP contribution in [0.25, 0.3) is 0 Å². The lowest BCUT2D eigenvalue weighted by Crippen LogP contribution is -2.28. The zero-order chi connectivity index (χ0) is 14.7. The molecule has 0 bridgehead atoms. The van der Waals surface area contributed by atoms with Gasteiger partial charge in [-0.25, -0.2) is 8.78 Å². The number of carbonyl (C=O) groups is 1. The molecule has 3 N–H and O–H groups in total. The zero-order valence-electron chi connectivity index (χ0n) is 10.7. The Labute approximate surface area is 113 Å². The van der Waals surface area contributed by atoms with Crippen LogP contribution in [0.2, 0.25) is 0 Å². The Kier molecular flexibility index (Phi) is 3.92. The van der Waals surface area contributed by atoms with Gasteiger partial charge in [0.25, 0.3) is 5.91 Å². The first-order chi connectivity index (χ1) is 9.50. The molecule has 0 saturated heterocycles. The van der Waals surface area contributed by atoms with E-state index in [2.05, 4.69) is 15.5 Å². The fourth-order valence-corrected chi connectivity index (χ4v) is 1.69. The number of nitrogens with zero attached hydrogens (tertiary/aromatic N) is 3. The van der Waals surface area contributed by atoms with Gasteiger partial charge in [0.1, 0.15) is 23.5 Å². The second-order valence-electron chi connectivity index (χ2n) is 4.19. The molecule has 1 heterocycles. The number of rotatable bonds is 4.